The fraction of sp³-hybridized carbons (Fsp3) is 0.167. The number of fused-ring (bicyclic) bond motifs is 1. The number of benzene rings is 2. The number of carbonyl (C=O) groups excluding carboxylic acids is 1. The minimum atomic E-state index is -0.548. The summed E-state index contributed by atoms with van der Waals surface area (Å²) in [5.74, 6) is 0.139. The maximum atomic E-state index is 13.7. The number of aromatic amines is 1. The molecule has 4 rings (SSSR count). The Morgan fingerprint density at radius 3 is 2.54 bits per heavy atom. The predicted octanol–water partition coefficient (Wildman–Crippen LogP) is 5.85. The monoisotopic (exact) mass is 513 g/mol. The molecule has 2 aromatic carbocycles. The van der Waals surface area contributed by atoms with Crippen LogP contribution in [0.5, 0.6) is 0 Å². The zero-order valence-corrected chi connectivity index (χ0v) is 20.4. The first kappa shape index (κ1) is 24.4. The van der Waals surface area contributed by atoms with Gasteiger partial charge in [0.2, 0.25) is 11.9 Å². The Hall–Kier alpha value is -3.69. The highest BCUT2D eigenvalue weighted by Crippen LogP contribution is 2.25. The molecule has 2 heterocycles. The summed E-state index contributed by atoms with van der Waals surface area (Å²) in [6.45, 7) is 4.00. The standard InChI is InChI=1S/C24H22Cl2FN7O/c1-13-9-14(2)31-23(30-13)33-22(34-24(35)32-17-4-5-19(25)20(26)11-17)28-8-7-15-12-29-21-6-3-16(27)10-18(15)21/h3-6,9-12,29H,7-8H2,1-2H3,(H3,28,30,31,32,33,34,35). The van der Waals surface area contributed by atoms with Crippen molar-refractivity contribution in [2.75, 3.05) is 17.2 Å². The van der Waals surface area contributed by atoms with Crippen LogP contribution in [0.3, 0.4) is 0 Å². The van der Waals surface area contributed by atoms with Crippen LogP contribution in [0.2, 0.25) is 10.0 Å². The van der Waals surface area contributed by atoms with Crippen molar-refractivity contribution in [3.63, 3.8) is 0 Å². The fourth-order valence-corrected chi connectivity index (χ4v) is 3.79. The van der Waals surface area contributed by atoms with Crippen molar-refractivity contribution >= 4 is 57.7 Å². The lowest BCUT2D eigenvalue weighted by Gasteiger charge is -2.13. The van der Waals surface area contributed by atoms with E-state index in [9.17, 15) is 9.18 Å². The number of urea groups is 1. The molecule has 0 fully saturated rings. The van der Waals surface area contributed by atoms with Gasteiger partial charge in [-0.3, -0.25) is 15.6 Å². The molecule has 0 radical (unpaired) electrons. The Labute approximate surface area is 211 Å². The molecule has 4 aromatic rings. The van der Waals surface area contributed by atoms with Crippen LogP contribution in [0.25, 0.3) is 10.9 Å². The first-order valence-corrected chi connectivity index (χ1v) is 11.4. The van der Waals surface area contributed by atoms with Gasteiger partial charge in [-0.2, -0.15) is 0 Å². The van der Waals surface area contributed by atoms with E-state index in [1.807, 2.05) is 26.1 Å². The number of guanidine groups is 1. The molecule has 0 atom stereocenters. The van der Waals surface area contributed by atoms with E-state index in [0.29, 0.717) is 34.6 Å². The van der Waals surface area contributed by atoms with Gasteiger partial charge < -0.3 is 10.3 Å². The lowest BCUT2D eigenvalue weighted by molar-refractivity contribution is 0.256. The summed E-state index contributed by atoms with van der Waals surface area (Å²) in [6, 6.07) is 10.6. The highest BCUT2D eigenvalue weighted by Gasteiger charge is 2.11. The largest absolute Gasteiger partial charge is 0.361 e. The van der Waals surface area contributed by atoms with E-state index in [4.69, 9.17) is 23.2 Å². The highest BCUT2D eigenvalue weighted by atomic mass is 35.5. The van der Waals surface area contributed by atoms with E-state index in [1.54, 1.807) is 18.2 Å². The molecule has 2 amide bonds. The van der Waals surface area contributed by atoms with Crippen molar-refractivity contribution in [2.45, 2.75) is 20.3 Å². The Morgan fingerprint density at radius 1 is 1.03 bits per heavy atom. The van der Waals surface area contributed by atoms with Crippen LogP contribution in [0.15, 0.2) is 53.7 Å². The SMILES string of the molecule is Cc1cc(C)nc(NC(=NCCc2c[nH]c3ccc(F)cc23)NC(=O)Nc2ccc(Cl)c(Cl)c2)n1. The second kappa shape index (κ2) is 10.7. The molecule has 0 aliphatic rings. The molecule has 0 saturated heterocycles. The third kappa shape index (κ3) is 6.46. The van der Waals surface area contributed by atoms with Gasteiger partial charge in [0.25, 0.3) is 0 Å². The number of aliphatic imine (C=N–C) groups is 1. The van der Waals surface area contributed by atoms with E-state index < -0.39 is 6.03 Å². The summed E-state index contributed by atoms with van der Waals surface area (Å²) >= 11 is 12.0. The van der Waals surface area contributed by atoms with Crippen LogP contribution in [0.4, 0.5) is 20.8 Å². The molecule has 35 heavy (non-hydrogen) atoms. The highest BCUT2D eigenvalue weighted by molar-refractivity contribution is 6.42. The van der Waals surface area contributed by atoms with Gasteiger partial charge >= 0.3 is 6.03 Å². The number of amides is 2. The minimum Gasteiger partial charge on any atom is -0.361 e. The molecule has 180 valence electrons. The Kier molecular flexibility index (Phi) is 7.48. The molecule has 0 saturated carbocycles. The second-order valence-electron chi connectivity index (χ2n) is 7.79. The first-order chi connectivity index (χ1) is 16.8. The maximum Gasteiger partial charge on any atom is 0.326 e. The smallest absolute Gasteiger partial charge is 0.326 e. The second-order valence-corrected chi connectivity index (χ2v) is 8.61. The molecular weight excluding hydrogens is 492 g/mol. The lowest BCUT2D eigenvalue weighted by Crippen LogP contribution is -2.39. The van der Waals surface area contributed by atoms with Gasteiger partial charge in [-0.15, -0.1) is 0 Å². The van der Waals surface area contributed by atoms with Crippen molar-refractivity contribution in [1.29, 1.82) is 0 Å². The number of nitrogens with one attached hydrogen (secondary N) is 4. The minimum absolute atomic E-state index is 0.151. The average Bonchev–Trinajstić information content (AvgIpc) is 3.17. The average molecular weight is 514 g/mol. The van der Waals surface area contributed by atoms with Gasteiger partial charge in [-0.25, -0.2) is 19.2 Å². The number of hydrogen-bond acceptors (Lipinski definition) is 4. The van der Waals surface area contributed by atoms with E-state index in [0.717, 1.165) is 27.9 Å². The van der Waals surface area contributed by atoms with Crippen molar-refractivity contribution < 1.29 is 9.18 Å². The zero-order valence-electron chi connectivity index (χ0n) is 18.9. The molecule has 4 N–H and O–H groups in total. The number of anilines is 2. The fourth-order valence-electron chi connectivity index (χ4n) is 3.49. The van der Waals surface area contributed by atoms with Crippen LogP contribution >= 0.6 is 23.2 Å². The van der Waals surface area contributed by atoms with E-state index in [-0.39, 0.29) is 11.8 Å². The summed E-state index contributed by atoms with van der Waals surface area (Å²) in [4.78, 5) is 28.9. The van der Waals surface area contributed by atoms with Gasteiger partial charge in [0.1, 0.15) is 5.82 Å². The number of halogens is 3. The van der Waals surface area contributed by atoms with Crippen LogP contribution in [-0.2, 0) is 6.42 Å². The normalized spacial score (nSPS) is 11.5. The molecule has 11 heteroatoms. The molecule has 0 unspecified atom stereocenters. The van der Waals surface area contributed by atoms with Gasteiger partial charge in [0, 0.05) is 40.7 Å². The number of aryl methyl sites for hydroxylation is 2. The lowest BCUT2D eigenvalue weighted by atomic mass is 10.1. The predicted molar refractivity (Wildman–Crippen MR) is 138 cm³/mol. The van der Waals surface area contributed by atoms with Gasteiger partial charge in [0.05, 0.1) is 10.0 Å². The Bertz CT molecular complexity index is 1400. The molecule has 0 bridgehead atoms. The molecule has 0 aliphatic heterocycles. The van der Waals surface area contributed by atoms with Crippen LogP contribution < -0.4 is 16.0 Å². The molecular formula is C24H22Cl2FN7O. The number of carbonyl (C=O) groups is 1. The summed E-state index contributed by atoms with van der Waals surface area (Å²) in [6.07, 6.45) is 2.34. The third-order valence-corrected chi connectivity index (χ3v) is 5.74. The number of hydrogen-bond donors (Lipinski definition) is 4. The summed E-state index contributed by atoms with van der Waals surface area (Å²) in [7, 11) is 0. The quantitative estimate of drug-likeness (QED) is 0.198. The van der Waals surface area contributed by atoms with Gasteiger partial charge in [-0.1, -0.05) is 23.2 Å². The zero-order chi connectivity index (χ0) is 24.9. The molecule has 0 spiro atoms. The van der Waals surface area contributed by atoms with Crippen molar-refractivity contribution in [3.8, 4) is 0 Å². The third-order valence-electron chi connectivity index (χ3n) is 5.00. The molecule has 0 aliphatic carbocycles. The summed E-state index contributed by atoms with van der Waals surface area (Å²) < 4.78 is 13.7. The number of nitrogens with zero attached hydrogens (tertiary/aromatic N) is 3. The van der Waals surface area contributed by atoms with Crippen LogP contribution in [0, 0.1) is 19.7 Å². The number of aromatic nitrogens is 3. The van der Waals surface area contributed by atoms with Crippen molar-refractivity contribution in [3.05, 3.63) is 81.5 Å². The van der Waals surface area contributed by atoms with Crippen LogP contribution in [-0.4, -0.2) is 33.5 Å². The molecule has 2 aromatic heterocycles. The Morgan fingerprint density at radius 2 is 1.80 bits per heavy atom. The van der Waals surface area contributed by atoms with Gasteiger partial charge in [-0.05, 0) is 68.3 Å². The van der Waals surface area contributed by atoms with Gasteiger partial charge in [0.15, 0.2) is 0 Å². The molecule has 8 nitrogen and oxygen atoms in total. The summed E-state index contributed by atoms with van der Waals surface area (Å²) in [5, 5.41) is 9.81. The first-order valence-electron chi connectivity index (χ1n) is 10.7. The van der Waals surface area contributed by atoms with Crippen molar-refractivity contribution in [1.82, 2.24) is 20.3 Å². The number of rotatable bonds is 5. The summed E-state index contributed by atoms with van der Waals surface area (Å²) in [5.41, 5.74) is 3.73. The van der Waals surface area contributed by atoms with Crippen LogP contribution in [0.1, 0.15) is 17.0 Å². The van der Waals surface area contributed by atoms with E-state index >= 15 is 0 Å². The van der Waals surface area contributed by atoms with E-state index in [2.05, 4.69) is 35.9 Å². The van der Waals surface area contributed by atoms with Crippen molar-refractivity contribution in [2.24, 2.45) is 4.99 Å². The van der Waals surface area contributed by atoms with E-state index in [1.165, 1.54) is 18.2 Å². The topological polar surface area (TPSA) is 107 Å². The number of H-pyrrole nitrogens is 1. The maximum absolute atomic E-state index is 13.7. The Balaban J connectivity index is 1.51.